The number of rotatable bonds is 3. The molecule has 1 N–H and O–H groups in total. The molecule has 0 aromatic carbocycles. The molecule has 2 aliphatic rings. The number of hydrogen-bond acceptors (Lipinski definition) is 4. The second-order valence-electron chi connectivity index (χ2n) is 5.71. The van der Waals surface area contributed by atoms with Crippen molar-refractivity contribution in [3.63, 3.8) is 0 Å². The summed E-state index contributed by atoms with van der Waals surface area (Å²) in [5, 5.41) is 5.49. The Morgan fingerprint density at radius 1 is 1.53 bits per heavy atom. The summed E-state index contributed by atoms with van der Waals surface area (Å²) >= 11 is 1.72. The molecule has 4 nitrogen and oxygen atoms in total. The summed E-state index contributed by atoms with van der Waals surface area (Å²) in [6.45, 7) is 5.10. The van der Waals surface area contributed by atoms with Crippen molar-refractivity contribution in [2.24, 2.45) is 5.92 Å². The summed E-state index contributed by atoms with van der Waals surface area (Å²) in [4.78, 5) is 18.0. The maximum Gasteiger partial charge on any atom is 0.241 e. The largest absolute Gasteiger partial charge is 0.320 e. The Morgan fingerprint density at radius 3 is 3.00 bits per heavy atom. The van der Waals surface area contributed by atoms with Crippen molar-refractivity contribution in [2.45, 2.75) is 25.6 Å². The van der Waals surface area contributed by atoms with E-state index >= 15 is 0 Å². The number of carbonyl (C=O) groups excluding carboxylic acids is 1. The molecule has 0 aliphatic carbocycles. The van der Waals surface area contributed by atoms with Gasteiger partial charge in [-0.3, -0.25) is 10.1 Å². The van der Waals surface area contributed by atoms with Crippen LogP contribution in [0.1, 0.15) is 24.4 Å². The molecule has 3 unspecified atom stereocenters. The molecule has 0 radical (unpaired) electrons. The second kappa shape index (κ2) is 5.23. The number of nitrogens with zero attached hydrogens (tertiary/aromatic N) is 2. The molecule has 1 amide bonds. The number of amides is 1. The van der Waals surface area contributed by atoms with E-state index in [0.717, 1.165) is 19.6 Å². The van der Waals surface area contributed by atoms with Gasteiger partial charge in [0.1, 0.15) is 6.17 Å². The van der Waals surface area contributed by atoms with Crippen molar-refractivity contribution in [2.75, 3.05) is 26.7 Å². The zero-order valence-corrected chi connectivity index (χ0v) is 12.3. The molecular formula is C14H21N3OS. The second-order valence-corrected chi connectivity index (χ2v) is 6.69. The van der Waals surface area contributed by atoms with Gasteiger partial charge in [-0.25, -0.2) is 0 Å². The van der Waals surface area contributed by atoms with Crippen molar-refractivity contribution >= 4 is 17.2 Å². The maximum absolute atomic E-state index is 12.3. The van der Waals surface area contributed by atoms with Crippen LogP contribution in [0.15, 0.2) is 17.5 Å². The lowest BCUT2D eigenvalue weighted by molar-refractivity contribution is -0.130. The van der Waals surface area contributed by atoms with Crippen LogP contribution in [0.2, 0.25) is 0 Å². The fourth-order valence-corrected chi connectivity index (χ4v) is 3.90. The average molecular weight is 279 g/mol. The quantitative estimate of drug-likeness (QED) is 0.911. The number of thiophene rings is 1. The molecule has 1 aromatic heterocycles. The highest BCUT2D eigenvalue weighted by atomic mass is 32.1. The smallest absolute Gasteiger partial charge is 0.241 e. The minimum atomic E-state index is -0.0637. The Balaban J connectivity index is 1.74. The number of carbonyl (C=O) groups is 1. The van der Waals surface area contributed by atoms with Gasteiger partial charge in [0.15, 0.2) is 0 Å². The number of hydrogen-bond donors (Lipinski definition) is 1. The normalized spacial score (nSPS) is 32.4. The molecule has 1 aromatic rings. The third-order valence-electron chi connectivity index (χ3n) is 4.13. The molecule has 19 heavy (non-hydrogen) atoms. The Hall–Kier alpha value is -0.910. The summed E-state index contributed by atoms with van der Waals surface area (Å²) in [5.41, 5.74) is 0. The fraction of sp³-hybridized carbons (Fsp3) is 0.643. The van der Waals surface area contributed by atoms with E-state index in [2.05, 4.69) is 34.8 Å². The summed E-state index contributed by atoms with van der Waals surface area (Å²) in [5.74, 6) is 0.858. The molecule has 3 rings (SSSR count). The summed E-state index contributed by atoms with van der Waals surface area (Å²) in [6.07, 6.45) is 1.28. The van der Waals surface area contributed by atoms with E-state index in [1.165, 1.54) is 11.3 Å². The molecule has 2 fully saturated rings. The van der Waals surface area contributed by atoms with Crippen molar-refractivity contribution in [1.82, 2.24) is 15.1 Å². The van der Waals surface area contributed by atoms with E-state index in [0.29, 0.717) is 5.92 Å². The lowest BCUT2D eigenvalue weighted by atomic mass is 10.1. The van der Waals surface area contributed by atoms with Gasteiger partial charge in [-0.15, -0.1) is 11.3 Å². The minimum absolute atomic E-state index is 0.0637. The first-order valence-corrected chi connectivity index (χ1v) is 7.81. The van der Waals surface area contributed by atoms with Gasteiger partial charge < -0.3 is 9.80 Å². The van der Waals surface area contributed by atoms with Gasteiger partial charge in [0.25, 0.3) is 0 Å². The van der Waals surface area contributed by atoms with Crippen molar-refractivity contribution in [1.29, 1.82) is 0 Å². The van der Waals surface area contributed by atoms with Crippen LogP contribution in [0.4, 0.5) is 0 Å². The van der Waals surface area contributed by atoms with E-state index in [-0.39, 0.29) is 18.1 Å². The molecule has 2 saturated heterocycles. The van der Waals surface area contributed by atoms with Crippen LogP contribution < -0.4 is 5.32 Å². The first-order chi connectivity index (χ1) is 9.15. The third-order valence-corrected chi connectivity index (χ3v) is 5.05. The monoisotopic (exact) mass is 279 g/mol. The van der Waals surface area contributed by atoms with Gasteiger partial charge in [0.2, 0.25) is 5.91 Å². The van der Waals surface area contributed by atoms with Gasteiger partial charge in [0.05, 0.1) is 6.04 Å². The van der Waals surface area contributed by atoms with Crippen LogP contribution in [-0.2, 0) is 4.79 Å². The first kappa shape index (κ1) is 13.1. The highest BCUT2D eigenvalue weighted by Gasteiger charge is 2.39. The first-order valence-electron chi connectivity index (χ1n) is 6.93. The van der Waals surface area contributed by atoms with Crippen LogP contribution in [0.3, 0.4) is 0 Å². The molecule has 2 aliphatic heterocycles. The van der Waals surface area contributed by atoms with Crippen LogP contribution in [-0.4, -0.2) is 48.4 Å². The fourth-order valence-electron chi connectivity index (χ4n) is 3.11. The van der Waals surface area contributed by atoms with Crippen molar-refractivity contribution in [3.05, 3.63) is 22.4 Å². The van der Waals surface area contributed by atoms with Crippen LogP contribution >= 0.6 is 11.3 Å². The Morgan fingerprint density at radius 2 is 2.37 bits per heavy atom. The Bertz CT molecular complexity index is 448. The standard InChI is InChI=1S/C14H21N3OS/c1-10-14(18)17(9-11-5-6-16(2)8-11)13(15-10)12-4-3-7-19-12/h3-4,7,10-11,13,15H,5-6,8-9H2,1-2H3. The van der Waals surface area contributed by atoms with Crippen molar-refractivity contribution in [3.8, 4) is 0 Å². The van der Waals surface area contributed by atoms with E-state index in [1.807, 2.05) is 11.8 Å². The van der Waals surface area contributed by atoms with Gasteiger partial charge in [-0.05, 0) is 44.3 Å². The predicted octanol–water partition coefficient (Wildman–Crippen LogP) is 1.52. The molecule has 0 saturated carbocycles. The van der Waals surface area contributed by atoms with Gasteiger partial charge in [0, 0.05) is 18.0 Å². The molecule has 104 valence electrons. The predicted molar refractivity (Wildman–Crippen MR) is 77.0 cm³/mol. The Labute approximate surface area is 118 Å². The van der Waals surface area contributed by atoms with Crippen LogP contribution in [0.5, 0.6) is 0 Å². The zero-order valence-electron chi connectivity index (χ0n) is 11.5. The van der Waals surface area contributed by atoms with Gasteiger partial charge in [-0.2, -0.15) is 0 Å². The van der Waals surface area contributed by atoms with E-state index < -0.39 is 0 Å². The molecule has 3 atom stereocenters. The molecule has 0 bridgehead atoms. The molecule has 3 heterocycles. The van der Waals surface area contributed by atoms with Gasteiger partial charge >= 0.3 is 0 Å². The Kier molecular flexibility index (Phi) is 3.60. The van der Waals surface area contributed by atoms with Gasteiger partial charge in [-0.1, -0.05) is 6.07 Å². The van der Waals surface area contributed by atoms with E-state index in [1.54, 1.807) is 11.3 Å². The summed E-state index contributed by atoms with van der Waals surface area (Å²) < 4.78 is 0. The zero-order chi connectivity index (χ0) is 13.4. The SMILES string of the molecule is CC1NC(c2cccs2)N(CC2CCN(C)C2)C1=O. The lowest BCUT2D eigenvalue weighted by Gasteiger charge is -2.26. The van der Waals surface area contributed by atoms with E-state index in [9.17, 15) is 4.79 Å². The minimum Gasteiger partial charge on any atom is -0.320 e. The molecular weight excluding hydrogens is 258 g/mol. The topological polar surface area (TPSA) is 35.6 Å². The average Bonchev–Trinajstić information content (AvgIpc) is 3.07. The molecule has 5 heteroatoms. The highest BCUT2D eigenvalue weighted by molar-refractivity contribution is 7.10. The number of likely N-dealkylation sites (tertiary alicyclic amines) is 1. The molecule has 0 spiro atoms. The van der Waals surface area contributed by atoms with Crippen LogP contribution in [0.25, 0.3) is 0 Å². The number of nitrogens with one attached hydrogen (secondary N) is 1. The summed E-state index contributed by atoms with van der Waals surface area (Å²) in [6, 6.07) is 4.10. The van der Waals surface area contributed by atoms with Crippen LogP contribution in [0, 0.1) is 5.92 Å². The van der Waals surface area contributed by atoms with E-state index in [4.69, 9.17) is 0 Å². The summed E-state index contributed by atoms with van der Waals surface area (Å²) in [7, 11) is 2.16. The highest BCUT2D eigenvalue weighted by Crippen LogP contribution is 2.30. The van der Waals surface area contributed by atoms with Crippen molar-refractivity contribution < 1.29 is 4.79 Å². The maximum atomic E-state index is 12.3. The lowest BCUT2D eigenvalue weighted by Crippen LogP contribution is -2.35. The third kappa shape index (κ3) is 2.55.